The van der Waals surface area contributed by atoms with E-state index in [1.165, 1.54) is 6.92 Å². The van der Waals surface area contributed by atoms with E-state index >= 15 is 0 Å². The molecule has 0 aromatic carbocycles. The number of aliphatic carboxylic acids is 1. The molecule has 0 aromatic rings. The van der Waals surface area contributed by atoms with Crippen LogP contribution in [0.4, 0.5) is 0 Å². The van der Waals surface area contributed by atoms with Crippen LogP contribution in [0.3, 0.4) is 0 Å². The van der Waals surface area contributed by atoms with Gasteiger partial charge in [-0.2, -0.15) is 0 Å². The van der Waals surface area contributed by atoms with Crippen molar-refractivity contribution in [1.82, 2.24) is 16.0 Å². The summed E-state index contributed by atoms with van der Waals surface area (Å²) in [7, 11) is 0. The first-order chi connectivity index (χ1) is 9.69. The molecule has 1 fully saturated rings. The monoisotopic (exact) mass is 301 g/mol. The molecule has 1 saturated heterocycles. The highest BCUT2D eigenvalue weighted by Crippen LogP contribution is 2.16. The Morgan fingerprint density at radius 3 is 2.62 bits per heavy atom. The van der Waals surface area contributed by atoms with Crippen LogP contribution in [-0.4, -0.2) is 60.3 Å². The average molecular weight is 301 g/mol. The number of carbonyl (C=O) groups excluding carboxylic acids is 2. The van der Waals surface area contributed by atoms with E-state index in [-0.39, 0.29) is 30.6 Å². The molecule has 8 nitrogen and oxygen atoms in total. The molecule has 8 heteroatoms. The van der Waals surface area contributed by atoms with Crippen LogP contribution in [0.25, 0.3) is 0 Å². The third-order valence-electron chi connectivity index (χ3n) is 3.02. The lowest BCUT2D eigenvalue weighted by Gasteiger charge is -2.36. The van der Waals surface area contributed by atoms with Crippen molar-refractivity contribution in [1.29, 1.82) is 0 Å². The number of carbonyl (C=O) groups is 3. The van der Waals surface area contributed by atoms with Gasteiger partial charge in [0, 0.05) is 13.1 Å². The van der Waals surface area contributed by atoms with Gasteiger partial charge in [-0.25, -0.2) is 0 Å². The SMILES string of the molecule is C[C@H](NC(=O)CNC(=O)CC1CNCC(C)(C)O1)C(=O)O. The third-order valence-corrected chi connectivity index (χ3v) is 3.02. The van der Waals surface area contributed by atoms with Gasteiger partial charge in [0.05, 0.1) is 24.7 Å². The van der Waals surface area contributed by atoms with Crippen molar-refractivity contribution in [3.63, 3.8) is 0 Å². The molecule has 0 aromatic heterocycles. The van der Waals surface area contributed by atoms with Crippen LogP contribution in [0.1, 0.15) is 27.2 Å². The molecule has 4 N–H and O–H groups in total. The summed E-state index contributed by atoms with van der Waals surface area (Å²) >= 11 is 0. The number of hydrogen-bond acceptors (Lipinski definition) is 5. The molecule has 120 valence electrons. The molecule has 0 saturated carbocycles. The summed E-state index contributed by atoms with van der Waals surface area (Å²) in [6, 6.07) is -0.985. The predicted octanol–water partition coefficient (Wildman–Crippen LogP) is -1.15. The van der Waals surface area contributed by atoms with E-state index in [0.29, 0.717) is 6.54 Å². The van der Waals surface area contributed by atoms with Crippen LogP contribution in [0.15, 0.2) is 0 Å². The molecule has 0 spiro atoms. The molecule has 2 atom stereocenters. The summed E-state index contributed by atoms with van der Waals surface area (Å²) in [5.41, 5.74) is -0.322. The molecule has 1 aliphatic rings. The van der Waals surface area contributed by atoms with Crippen molar-refractivity contribution in [2.75, 3.05) is 19.6 Å². The fourth-order valence-corrected chi connectivity index (χ4v) is 1.99. The smallest absolute Gasteiger partial charge is 0.325 e. The molecular formula is C13H23N3O5. The summed E-state index contributed by atoms with van der Waals surface area (Å²) < 4.78 is 5.75. The van der Waals surface area contributed by atoms with Gasteiger partial charge in [-0.15, -0.1) is 0 Å². The summed E-state index contributed by atoms with van der Waals surface area (Å²) in [4.78, 5) is 33.7. The van der Waals surface area contributed by atoms with Gasteiger partial charge in [0.2, 0.25) is 11.8 Å². The van der Waals surface area contributed by atoms with Crippen molar-refractivity contribution in [3.8, 4) is 0 Å². The molecule has 0 aliphatic carbocycles. The molecule has 1 heterocycles. The lowest BCUT2D eigenvalue weighted by Crippen LogP contribution is -2.52. The maximum atomic E-state index is 11.7. The van der Waals surface area contributed by atoms with Crippen LogP contribution in [0, 0.1) is 0 Å². The highest BCUT2D eigenvalue weighted by Gasteiger charge is 2.29. The number of morpholine rings is 1. The van der Waals surface area contributed by atoms with Crippen molar-refractivity contribution >= 4 is 17.8 Å². The normalized spacial score (nSPS) is 22.1. The van der Waals surface area contributed by atoms with E-state index in [1.807, 2.05) is 13.8 Å². The lowest BCUT2D eigenvalue weighted by molar-refractivity contribution is -0.141. The number of ether oxygens (including phenoxy) is 1. The minimum atomic E-state index is -1.13. The Morgan fingerprint density at radius 1 is 1.38 bits per heavy atom. The molecule has 1 aliphatic heterocycles. The topological polar surface area (TPSA) is 117 Å². The Morgan fingerprint density at radius 2 is 2.05 bits per heavy atom. The number of nitrogens with one attached hydrogen (secondary N) is 3. The molecule has 2 amide bonds. The number of carboxylic acids is 1. The fourth-order valence-electron chi connectivity index (χ4n) is 1.99. The maximum absolute atomic E-state index is 11.7. The van der Waals surface area contributed by atoms with Crippen LogP contribution in [0.2, 0.25) is 0 Å². The Bertz CT molecular complexity index is 411. The second-order valence-corrected chi connectivity index (χ2v) is 5.74. The zero-order valence-corrected chi connectivity index (χ0v) is 12.6. The molecule has 0 radical (unpaired) electrons. The van der Waals surface area contributed by atoms with Crippen molar-refractivity contribution in [2.45, 2.75) is 44.9 Å². The number of carboxylic acid groups (broad SMARTS) is 1. The van der Waals surface area contributed by atoms with Crippen LogP contribution in [0.5, 0.6) is 0 Å². The zero-order chi connectivity index (χ0) is 16.0. The standard InChI is InChI=1S/C13H23N3O5/c1-8(12(19)20)16-11(18)6-15-10(17)4-9-5-14-7-13(2,3)21-9/h8-9,14H,4-7H2,1-3H3,(H,15,17)(H,16,18)(H,19,20)/t8-,9?/m0/s1. The minimum Gasteiger partial charge on any atom is -0.480 e. The van der Waals surface area contributed by atoms with Gasteiger partial charge in [0.1, 0.15) is 6.04 Å². The Kier molecular flexibility index (Phi) is 6.10. The lowest BCUT2D eigenvalue weighted by atomic mass is 10.1. The Hall–Kier alpha value is -1.67. The van der Waals surface area contributed by atoms with Crippen LogP contribution in [-0.2, 0) is 19.1 Å². The van der Waals surface area contributed by atoms with E-state index in [9.17, 15) is 14.4 Å². The Labute approximate surface area is 123 Å². The first-order valence-electron chi connectivity index (χ1n) is 6.87. The van der Waals surface area contributed by atoms with Gasteiger partial charge in [-0.05, 0) is 20.8 Å². The number of rotatable bonds is 6. The van der Waals surface area contributed by atoms with Gasteiger partial charge in [-0.1, -0.05) is 0 Å². The molecule has 1 rings (SSSR count). The van der Waals surface area contributed by atoms with Gasteiger partial charge in [0.15, 0.2) is 0 Å². The highest BCUT2D eigenvalue weighted by molar-refractivity contribution is 5.87. The number of amides is 2. The summed E-state index contributed by atoms with van der Waals surface area (Å²) in [6.07, 6.45) is -0.0900. The highest BCUT2D eigenvalue weighted by atomic mass is 16.5. The van der Waals surface area contributed by atoms with Gasteiger partial charge in [0.25, 0.3) is 0 Å². The van der Waals surface area contributed by atoms with Gasteiger partial charge in [-0.3, -0.25) is 14.4 Å². The average Bonchev–Trinajstić information content (AvgIpc) is 2.35. The van der Waals surface area contributed by atoms with E-state index < -0.39 is 17.9 Å². The number of hydrogen-bond donors (Lipinski definition) is 4. The molecule has 0 bridgehead atoms. The van der Waals surface area contributed by atoms with Crippen molar-refractivity contribution in [3.05, 3.63) is 0 Å². The van der Waals surface area contributed by atoms with E-state index in [4.69, 9.17) is 9.84 Å². The Balaban J connectivity index is 2.28. The summed E-state index contributed by atoms with van der Waals surface area (Å²) in [6.45, 7) is 6.28. The second-order valence-electron chi connectivity index (χ2n) is 5.74. The van der Waals surface area contributed by atoms with E-state index in [1.54, 1.807) is 0 Å². The zero-order valence-electron chi connectivity index (χ0n) is 12.6. The maximum Gasteiger partial charge on any atom is 0.325 e. The molecule has 21 heavy (non-hydrogen) atoms. The summed E-state index contributed by atoms with van der Waals surface area (Å²) in [5.74, 6) is -1.97. The van der Waals surface area contributed by atoms with Gasteiger partial charge < -0.3 is 25.8 Å². The van der Waals surface area contributed by atoms with E-state index in [2.05, 4.69) is 16.0 Å². The fraction of sp³-hybridized carbons (Fsp3) is 0.769. The first kappa shape index (κ1) is 17.4. The largest absolute Gasteiger partial charge is 0.480 e. The second kappa shape index (κ2) is 7.37. The first-order valence-corrected chi connectivity index (χ1v) is 6.87. The van der Waals surface area contributed by atoms with Gasteiger partial charge >= 0.3 is 5.97 Å². The van der Waals surface area contributed by atoms with Crippen molar-refractivity contribution in [2.24, 2.45) is 0 Å². The molecule has 1 unspecified atom stereocenters. The van der Waals surface area contributed by atoms with E-state index in [0.717, 1.165) is 6.54 Å². The summed E-state index contributed by atoms with van der Waals surface area (Å²) in [5, 5.41) is 16.5. The quantitative estimate of drug-likeness (QED) is 0.492. The van der Waals surface area contributed by atoms with Crippen LogP contribution < -0.4 is 16.0 Å². The van der Waals surface area contributed by atoms with Crippen molar-refractivity contribution < 1.29 is 24.2 Å². The molecular weight excluding hydrogens is 278 g/mol. The predicted molar refractivity (Wildman–Crippen MR) is 74.7 cm³/mol. The van der Waals surface area contributed by atoms with Crippen LogP contribution >= 0.6 is 0 Å². The minimum absolute atomic E-state index is 0.151. The third kappa shape index (κ3) is 6.54.